The van der Waals surface area contributed by atoms with Gasteiger partial charge in [0.15, 0.2) is 0 Å². The molecule has 0 saturated heterocycles. The van der Waals surface area contributed by atoms with E-state index in [4.69, 9.17) is 5.11 Å². The smallest absolute Gasteiger partial charge is 0.354 e. The summed E-state index contributed by atoms with van der Waals surface area (Å²) in [5.74, 6) is -1.44. The number of carboxylic acids is 1. The molecule has 1 aromatic heterocycles. The van der Waals surface area contributed by atoms with Gasteiger partial charge in [-0.3, -0.25) is 4.79 Å². The van der Waals surface area contributed by atoms with Crippen molar-refractivity contribution in [3.05, 3.63) is 52.8 Å². The van der Waals surface area contributed by atoms with E-state index >= 15 is 0 Å². The number of rotatable bonds is 3. The number of benzene rings is 1. The Kier molecular flexibility index (Phi) is 3.37. The Balaban J connectivity index is 2.24. The van der Waals surface area contributed by atoms with Crippen LogP contribution in [0, 0.1) is 13.8 Å². The Labute approximate surface area is 110 Å². The number of aromatic amines is 1. The Morgan fingerprint density at radius 2 is 1.79 bits per heavy atom. The van der Waals surface area contributed by atoms with Gasteiger partial charge in [0.05, 0.1) is 5.69 Å². The monoisotopic (exact) mass is 258 g/mol. The molecule has 5 heteroatoms. The van der Waals surface area contributed by atoms with Crippen LogP contribution >= 0.6 is 0 Å². The summed E-state index contributed by atoms with van der Waals surface area (Å²) >= 11 is 0. The second-order valence-corrected chi connectivity index (χ2v) is 4.37. The molecule has 2 aromatic rings. The summed E-state index contributed by atoms with van der Waals surface area (Å²) in [5.41, 5.74) is 2.48. The molecule has 0 aliphatic carbocycles. The number of carbonyl (C=O) groups is 2. The van der Waals surface area contributed by atoms with Crippen LogP contribution in [0.25, 0.3) is 0 Å². The minimum Gasteiger partial charge on any atom is -0.477 e. The minimum atomic E-state index is -1.10. The second kappa shape index (κ2) is 4.97. The minimum absolute atomic E-state index is 0.0158. The highest BCUT2D eigenvalue weighted by atomic mass is 16.4. The van der Waals surface area contributed by atoms with Crippen LogP contribution < -0.4 is 5.32 Å². The summed E-state index contributed by atoms with van der Waals surface area (Å²) in [6.07, 6.45) is 0. The largest absolute Gasteiger partial charge is 0.477 e. The molecule has 1 aromatic carbocycles. The van der Waals surface area contributed by atoms with Gasteiger partial charge in [-0.05, 0) is 32.0 Å². The lowest BCUT2D eigenvalue weighted by Gasteiger charge is -2.04. The fraction of sp³-hybridized carbons (Fsp3) is 0.143. The van der Waals surface area contributed by atoms with E-state index in [0.29, 0.717) is 11.3 Å². The first-order valence-corrected chi connectivity index (χ1v) is 5.78. The summed E-state index contributed by atoms with van der Waals surface area (Å²) < 4.78 is 0. The van der Waals surface area contributed by atoms with E-state index in [1.807, 2.05) is 19.1 Å². The highest BCUT2D eigenvalue weighted by Crippen LogP contribution is 2.18. The molecular weight excluding hydrogens is 244 g/mol. The van der Waals surface area contributed by atoms with E-state index in [1.54, 1.807) is 25.1 Å². The number of aromatic nitrogens is 1. The van der Waals surface area contributed by atoms with Gasteiger partial charge in [-0.25, -0.2) is 4.79 Å². The molecule has 1 amide bonds. The highest BCUT2D eigenvalue weighted by molar-refractivity contribution is 6.07. The fourth-order valence-corrected chi connectivity index (χ4v) is 1.76. The zero-order valence-corrected chi connectivity index (χ0v) is 10.7. The van der Waals surface area contributed by atoms with Gasteiger partial charge in [0.25, 0.3) is 5.91 Å². The second-order valence-electron chi connectivity index (χ2n) is 4.37. The Bertz CT molecular complexity index is 627. The van der Waals surface area contributed by atoms with Crippen molar-refractivity contribution < 1.29 is 14.7 Å². The van der Waals surface area contributed by atoms with Crippen molar-refractivity contribution in [1.82, 2.24) is 4.98 Å². The Hall–Kier alpha value is -2.56. The molecule has 0 fully saturated rings. The third kappa shape index (κ3) is 2.82. The maximum Gasteiger partial charge on any atom is 0.354 e. The molecule has 0 radical (unpaired) electrons. The van der Waals surface area contributed by atoms with E-state index in [9.17, 15) is 9.59 Å². The summed E-state index contributed by atoms with van der Waals surface area (Å²) in [7, 11) is 0. The van der Waals surface area contributed by atoms with Gasteiger partial charge < -0.3 is 15.4 Å². The van der Waals surface area contributed by atoms with Crippen molar-refractivity contribution in [2.75, 3.05) is 5.32 Å². The van der Waals surface area contributed by atoms with Crippen molar-refractivity contribution in [1.29, 1.82) is 0 Å². The predicted molar refractivity (Wildman–Crippen MR) is 71.6 cm³/mol. The lowest BCUT2D eigenvalue weighted by atomic mass is 10.1. The molecule has 98 valence electrons. The van der Waals surface area contributed by atoms with Gasteiger partial charge in [-0.15, -0.1) is 0 Å². The number of aromatic carboxylic acids is 1. The van der Waals surface area contributed by atoms with E-state index in [0.717, 1.165) is 5.56 Å². The molecule has 0 atom stereocenters. The van der Waals surface area contributed by atoms with Crippen LogP contribution in [-0.2, 0) is 0 Å². The molecule has 0 unspecified atom stereocenters. The zero-order chi connectivity index (χ0) is 14.0. The molecule has 0 spiro atoms. The third-order valence-corrected chi connectivity index (χ3v) is 2.73. The van der Waals surface area contributed by atoms with Gasteiger partial charge in [-0.2, -0.15) is 0 Å². The molecule has 0 aliphatic heterocycles. The molecule has 19 heavy (non-hydrogen) atoms. The third-order valence-electron chi connectivity index (χ3n) is 2.73. The number of hydrogen-bond acceptors (Lipinski definition) is 2. The SMILES string of the molecule is Cc1ccc(C(=O)Nc2cc(C)[nH]c2C(=O)O)cc1. The highest BCUT2D eigenvalue weighted by Gasteiger charge is 2.15. The molecule has 1 heterocycles. The van der Waals surface area contributed by atoms with Crippen LogP contribution in [0.15, 0.2) is 30.3 Å². The first kappa shape index (κ1) is 12.9. The Morgan fingerprint density at radius 3 is 2.37 bits per heavy atom. The zero-order valence-electron chi connectivity index (χ0n) is 10.7. The molecule has 3 N–H and O–H groups in total. The normalized spacial score (nSPS) is 10.2. The van der Waals surface area contributed by atoms with Crippen LogP contribution in [0.2, 0.25) is 0 Å². The molecule has 0 saturated carbocycles. The maximum absolute atomic E-state index is 12.0. The van der Waals surface area contributed by atoms with E-state index < -0.39 is 5.97 Å². The Morgan fingerprint density at radius 1 is 1.16 bits per heavy atom. The molecule has 2 rings (SSSR count). The number of amides is 1. The lowest BCUT2D eigenvalue weighted by Crippen LogP contribution is -2.14. The van der Waals surface area contributed by atoms with E-state index in [-0.39, 0.29) is 17.3 Å². The summed E-state index contributed by atoms with van der Waals surface area (Å²) in [4.78, 5) is 25.7. The van der Waals surface area contributed by atoms with Crippen molar-refractivity contribution in [2.45, 2.75) is 13.8 Å². The summed E-state index contributed by atoms with van der Waals surface area (Å²) in [5, 5.41) is 11.6. The number of aryl methyl sites for hydroxylation is 2. The summed E-state index contributed by atoms with van der Waals surface area (Å²) in [6, 6.07) is 8.65. The average Bonchev–Trinajstić information content (AvgIpc) is 2.71. The average molecular weight is 258 g/mol. The number of hydrogen-bond donors (Lipinski definition) is 3. The van der Waals surface area contributed by atoms with Gasteiger partial charge in [0, 0.05) is 11.3 Å². The first-order valence-electron chi connectivity index (χ1n) is 5.78. The molecule has 0 bridgehead atoms. The van der Waals surface area contributed by atoms with E-state index in [1.165, 1.54) is 0 Å². The molecule has 0 aliphatic rings. The van der Waals surface area contributed by atoms with Crippen molar-refractivity contribution in [3.8, 4) is 0 Å². The standard InChI is InChI=1S/C14H14N2O3/c1-8-3-5-10(6-4-8)13(17)16-11-7-9(2)15-12(11)14(18)19/h3-7,15H,1-2H3,(H,16,17)(H,18,19). The van der Waals surface area contributed by atoms with E-state index in [2.05, 4.69) is 10.3 Å². The van der Waals surface area contributed by atoms with Crippen LogP contribution in [-0.4, -0.2) is 22.0 Å². The van der Waals surface area contributed by atoms with Crippen LogP contribution in [0.1, 0.15) is 32.1 Å². The predicted octanol–water partition coefficient (Wildman–Crippen LogP) is 2.58. The topological polar surface area (TPSA) is 82.2 Å². The number of nitrogens with one attached hydrogen (secondary N) is 2. The molecular formula is C14H14N2O3. The van der Waals surface area contributed by atoms with Crippen LogP contribution in [0.5, 0.6) is 0 Å². The van der Waals surface area contributed by atoms with Crippen LogP contribution in [0.3, 0.4) is 0 Å². The fourth-order valence-electron chi connectivity index (χ4n) is 1.76. The van der Waals surface area contributed by atoms with Crippen LogP contribution in [0.4, 0.5) is 5.69 Å². The number of H-pyrrole nitrogens is 1. The van der Waals surface area contributed by atoms with Gasteiger partial charge >= 0.3 is 5.97 Å². The van der Waals surface area contributed by atoms with Gasteiger partial charge in [0.1, 0.15) is 5.69 Å². The number of carbonyl (C=O) groups excluding carboxylic acids is 1. The number of carboxylic acid groups (broad SMARTS) is 1. The van der Waals surface area contributed by atoms with Crippen molar-refractivity contribution >= 4 is 17.6 Å². The van der Waals surface area contributed by atoms with Crippen molar-refractivity contribution in [3.63, 3.8) is 0 Å². The van der Waals surface area contributed by atoms with Gasteiger partial charge in [-0.1, -0.05) is 17.7 Å². The lowest BCUT2D eigenvalue weighted by molar-refractivity contribution is 0.0692. The quantitative estimate of drug-likeness (QED) is 0.791. The summed E-state index contributed by atoms with van der Waals surface area (Å²) in [6.45, 7) is 3.66. The van der Waals surface area contributed by atoms with Gasteiger partial charge in [0.2, 0.25) is 0 Å². The molecule has 5 nitrogen and oxygen atoms in total. The number of anilines is 1. The maximum atomic E-state index is 12.0. The first-order chi connectivity index (χ1) is 8.97. The van der Waals surface area contributed by atoms with Crippen molar-refractivity contribution in [2.24, 2.45) is 0 Å².